The van der Waals surface area contributed by atoms with Crippen molar-refractivity contribution in [1.82, 2.24) is 4.90 Å². The average Bonchev–Trinajstić information content (AvgIpc) is 2.77. The third-order valence-corrected chi connectivity index (χ3v) is 5.27. The quantitative estimate of drug-likeness (QED) is 0.765. The smallest absolute Gasteiger partial charge is 0.262 e. The predicted molar refractivity (Wildman–Crippen MR) is 113 cm³/mol. The van der Waals surface area contributed by atoms with Gasteiger partial charge in [0.2, 0.25) is 0 Å². The molecule has 0 unspecified atom stereocenters. The molecule has 1 saturated carbocycles. The molecule has 1 aliphatic rings. The van der Waals surface area contributed by atoms with Gasteiger partial charge in [0.1, 0.15) is 11.5 Å². The molecule has 154 valence electrons. The molecule has 1 aliphatic carbocycles. The lowest BCUT2D eigenvalue weighted by Crippen LogP contribution is -2.38. The molecule has 1 fully saturated rings. The number of hydrogen-bond donors (Lipinski definition) is 1. The fourth-order valence-corrected chi connectivity index (χ4v) is 3.58. The zero-order valence-corrected chi connectivity index (χ0v) is 17.0. The summed E-state index contributed by atoms with van der Waals surface area (Å²) in [7, 11) is 3.46. The van der Waals surface area contributed by atoms with E-state index in [1.54, 1.807) is 55.6 Å². The lowest BCUT2D eigenvalue weighted by Gasteiger charge is -2.31. The monoisotopic (exact) mass is 396 g/mol. The minimum Gasteiger partial charge on any atom is -0.497 e. The number of nitrogens with one attached hydrogen (secondary N) is 1. The lowest BCUT2D eigenvalue weighted by atomic mass is 9.94. The molecule has 0 atom stereocenters. The SMILES string of the molecule is COc1cccc(NC(=O)COc2ccc(C(=O)N(C)C3CCCCC3)cc2)c1. The van der Waals surface area contributed by atoms with Gasteiger partial charge in [-0.1, -0.05) is 25.3 Å². The van der Waals surface area contributed by atoms with Gasteiger partial charge in [-0.2, -0.15) is 0 Å². The number of ether oxygens (including phenoxy) is 2. The number of rotatable bonds is 7. The molecule has 0 heterocycles. The largest absolute Gasteiger partial charge is 0.497 e. The van der Waals surface area contributed by atoms with Crippen LogP contribution in [-0.2, 0) is 4.79 Å². The minimum absolute atomic E-state index is 0.0271. The van der Waals surface area contributed by atoms with E-state index in [-0.39, 0.29) is 18.4 Å². The van der Waals surface area contributed by atoms with Crippen LogP contribution in [0.25, 0.3) is 0 Å². The third-order valence-electron chi connectivity index (χ3n) is 5.27. The molecule has 3 rings (SSSR count). The Bertz CT molecular complexity index is 829. The summed E-state index contributed by atoms with van der Waals surface area (Å²) in [4.78, 5) is 26.6. The summed E-state index contributed by atoms with van der Waals surface area (Å²) in [5, 5.41) is 2.76. The van der Waals surface area contributed by atoms with E-state index in [0.29, 0.717) is 28.8 Å². The van der Waals surface area contributed by atoms with Crippen molar-refractivity contribution in [3.05, 3.63) is 54.1 Å². The molecule has 2 amide bonds. The van der Waals surface area contributed by atoms with Gasteiger partial charge in [-0.3, -0.25) is 9.59 Å². The van der Waals surface area contributed by atoms with Crippen molar-refractivity contribution in [2.45, 2.75) is 38.1 Å². The average molecular weight is 396 g/mol. The van der Waals surface area contributed by atoms with Crippen molar-refractivity contribution >= 4 is 17.5 Å². The summed E-state index contributed by atoms with van der Waals surface area (Å²) in [5.41, 5.74) is 1.27. The summed E-state index contributed by atoms with van der Waals surface area (Å²) in [6, 6.07) is 14.4. The molecule has 0 radical (unpaired) electrons. The van der Waals surface area contributed by atoms with Crippen molar-refractivity contribution in [2.75, 3.05) is 26.1 Å². The van der Waals surface area contributed by atoms with Gasteiger partial charge in [-0.05, 0) is 49.2 Å². The number of carbonyl (C=O) groups excluding carboxylic acids is 2. The van der Waals surface area contributed by atoms with Crippen molar-refractivity contribution < 1.29 is 19.1 Å². The summed E-state index contributed by atoms with van der Waals surface area (Å²) >= 11 is 0. The molecule has 0 spiro atoms. The van der Waals surface area contributed by atoms with Crippen LogP contribution in [0.4, 0.5) is 5.69 Å². The van der Waals surface area contributed by atoms with Crippen LogP contribution in [0.1, 0.15) is 42.5 Å². The van der Waals surface area contributed by atoms with Gasteiger partial charge in [-0.15, -0.1) is 0 Å². The van der Waals surface area contributed by atoms with E-state index in [2.05, 4.69) is 5.32 Å². The van der Waals surface area contributed by atoms with Gasteiger partial charge in [0.25, 0.3) is 11.8 Å². The van der Waals surface area contributed by atoms with E-state index in [4.69, 9.17) is 9.47 Å². The Hall–Kier alpha value is -3.02. The first kappa shape index (κ1) is 20.7. The molecule has 0 bridgehead atoms. The van der Waals surface area contributed by atoms with Crippen LogP contribution in [0.15, 0.2) is 48.5 Å². The Morgan fingerprint density at radius 2 is 1.76 bits per heavy atom. The third kappa shape index (κ3) is 5.73. The van der Waals surface area contributed by atoms with Crippen LogP contribution in [0.3, 0.4) is 0 Å². The number of amides is 2. The van der Waals surface area contributed by atoms with Crippen LogP contribution in [0.5, 0.6) is 11.5 Å². The highest BCUT2D eigenvalue weighted by Crippen LogP contribution is 2.23. The first-order valence-corrected chi connectivity index (χ1v) is 10.0. The molecule has 6 nitrogen and oxygen atoms in total. The van der Waals surface area contributed by atoms with Gasteiger partial charge in [0.05, 0.1) is 7.11 Å². The number of carbonyl (C=O) groups is 2. The minimum atomic E-state index is -0.268. The van der Waals surface area contributed by atoms with Crippen molar-refractivity contribution in [3.63, 3.8) is 0 Å². The maximum Gasteiger partial charge on any atom is 0.262 e. The molecule has 0 aliphatic heterocycles. The van der Waals surface area contributed by atoms with Gasteiger partial charge < -0.3 is 19.7 Å². The maximum atomic E-state index is 12.7. The highest BCUT2D eigenvalue weighted by atomic mass is 16.5. The van der Waals surface area contributed by atoms with Gasteiger partial charge in [0.15, 0.2) is 6.61 Å². The van der Waals surface area contributed by atoms with E-state index in [1.807, 2.05) is 11.9 Å². The zero-order valence-electron chi connectivity index (χ0n) is 17.0. The van der Waals surface area contributed by atoms with Crippen LogP contribution in [0.2, 0.25) is 0 Å². The molecule has 0 saturated heterocycles. The zero-order chi connectivity index (χ0) is 20.6. The fourth-order valence-electron chi connectivity index (χ4n) is 3.58. The summed E-state index contributed by atoms with van der Waals surface area (Å²) < 4.78 is 10.7. The maximum absolute atomic E-state index is 12.7. The number of benzene rings is 2. The van der Waals surface area contributed by atoms with Crippen LogP contribution in [0, 0.1) is 0 Å². The van der Waals surface area contributed by atoms with E-state index in [9.17, 15) is 9.59 Å². The van der Waals surface area contributed by atoms with Crippen molar-refractivity contribution in [3.8, 4) is 11.5 Å². The molecule has 0 aromatic heterocycles. The highest BCUT2D eigenvalue weighted by Gasteiger charge is 2.22. The Morgan fingerprint density at radius 3 is 2.45 bits per heavy atom. The second-order valence-corrected chi connectivity index (χ2v) is 7.30. The molecule has 29 heavy (non-hydrogen) atoms. The molecule has 2 aromatic rings. The van der Waals surface area contributed by atoms with E-state index < -0.39 is 0 Å². The topological polar surface area (TPSA) is 67.9 Å². The van der Waals surface area contributed by atoms with Crippen molar-refractivity contribution in [1.29, 1.82) is 0 Å². The van der Waals surface area contributed by atoms with Gasteiger partial charge >= 0.3 is 0 Å². The number of anilines is 1. The second kappa shape index (κ2) is 9.96. The predicted octanol–water partition coefficient (Wildman–Crippen LogP) is 4.12. The van der Waals surface area contributed by atoms with E-state index >= 15 is 0 Å². The summed E-state index contributed by atoms with van der Waals surface area (Å²) in [5.74, 6) is 0.972. The van der Waals surface area contributed by atoms with Gasteiger partial charge in [0, 0.05) is 30.4 Å². The molecule has 1 N–H and O–H groups in total. The fraction of sp³-hybridized carbons (Fsp3) is 0.391. The molecule has 6 heteroatoms. The Balaban J connectivity index is 1.50. The summed E-state index contributed by atoms with van der Waals surface area (Å²) in [6.07, 6.45) is 5.79. The normalized spacial score (nSPS) is 14.1. The second-order valence-electron chi connectivity index (χ2n) is 7.30. The van der Waals surface area contributed by atoms with E-state index in [0.717, 1.165) is 12.8 Å². The number of nitrogens with zero attached hydrogens (tertiary/aromatic N) is 1. The molecule has 2 aromatic carbocycles. The van der Waals surface area contributed by atoms with Crippen LogP contribution < -0.4 is 14.8 Å². The molecular weight excluding hydrogens is 368 g/mol. The Labute approximate surface area is 171 Å². The lowest BCUT2D eigenvalue weighted by molar-refractivity contribution is -0.118. The first-order valence-electron chi connectivity index (χ1n) is 10.0. The Kier molecular flexibility index (Phi) is 7.11. The van der Waals surface area contributed by atoms with Gasteiger partial charge in [-0.25, -0.2) is 0 Å². The van der Waals surface area contributed by atoms with E-state index in [1.165, 1.54) is 19.3 Å². The highest BCUT2D eigenvalue weighted by molar-refractivity contribution is 5.94. The molecular formula is C23H28N2O4. The summed E-state index contributed by atoms with van der Waals surface area (Å²) in [6.45, 7) is -0.119. The van der Waals surface area contributed by atoms with Crippen molar-refractivity contribution in [2.24, 2.45) is 0 Å². The Morgan fingerprint density at radius 1 is 1.03 bits per heavy atom. The standard InChI is InChI=1S/C23H28N2O4/c1-25(19-8-4-3-5-9-19)23(27)17-11-13-20(14-12-17)29-16-22(26)24-18-7-6-10-21(15-18)28-2/h6-7,10-15,19H,3-5,8-9,16H2,1-2H3,(H,24,26). The van der Waals surface area contributed by atoms with Crippen LogP contribution in [-0.4, -0.2) is 43.5 Å². The van der Waals surface area contributed by atoms with Crippen LogP contribution >= 0.6 is 0 Å². The number of methoxy groups -OCH3 is 1. The number of hydrogen-bond acceptors (Lipinski definition) is 4. The first-order chi connectivity index (χ1) is 14.1.